The van der Waals surface area contributed by atoms with Gasteiger partial charge in [0.15, 0.2) is 0 Å². The molecule has 13 heavy (non-hydrogen) atoms. The van der Waals surface area contributed by atoms with E-state index in [1.165, 1.54) is 24.3 Å². The maximum atomic E-state index is 12.6. The first-order valence-corrected chi connectivity index (χ1v) is 4.10. The van der Waals surface area contributed by atoms with Crippen molar-refractivity contribution < 1.29 is 13.2 Å². The summed E-state index contributed by atoms with van der Waals surface area (Å²) in [6.45, 7) is 0. The van der Waals surface area contributed by atoms with Crippen LogP contribution in [0.5, 0.6) is 0 Å². The van der Waals surface area contributed by atoms with Crippen LogP contribution in [0.3, 0.4) is 0 Å². The van der Waals surface area contributed by atoms with Gasteiger partial charge >= 0.3 is 6.18 Å². The molecule has 0 nitrogen and oxygen atoms in total. The Morgan fingerprint density at radius 1 is 1.15 bits per heavy atom. The van der Waals surface area contributed by atoms with Gasteiger partial charge in [0.1, 0.15) is 0 Å². The van der Waals surface area contributed by atoms with Crippen molar-refractivity contribution in [3.05, 3.63) is 35.9 Å². The summed E-state index contributed by atoms with van der Waals surface area (Å²) in [6, 6.07) is 8.78. The Morgan fingerprint density at radius 3 is 2.08 bits per heavy atom. The highest BCUT2D eigenvalue weighted by Crippen LogP contribution is 2.58. The highest BCUT2D eigenvalue weighted by molar-refractivity contribution is 5.33. The highest BCUT2D eigenvalue weighted by Gasteiger charge is 2.63. The molecule has 1 saturated carbocycles. The minimum absolute atomic E-state index is 0.223. The van der Waals surface area contributed by atoms with Gasteiger partial charge in [0.2, 0.25) is 0 Å². The van der Waals surface area contributed by atoms with Gasteiger partial charge < -0.3 is 0 Å². The van der Waals surface area contributed by atoms with Crippen LogP contribution in [-0.4, -0.2) is 6.18 Å². The van der Waals surface area contributed by atoms with Crippen LogP contribution in [0.4, 0.5) is 13.2 Å². The summed E-state index contributed by atoms with van der Waals surface area (Å²) in [4.78, 5) is 0. The average molecular weight is 185 g/mol. The molecular formula is C10H8F3. The summed E-state index contributed by atoms with van der Waals surface area (Å²) in [7, 11) is 0. The van der Waals surface area contributed by atoms with Gasteiger partial charge in [-0.05, 0) is 24.5 Å². The fourth-order valence-electron chi connectivity index (χ4n) is 1.57. The first-order chi connectivity index (χ1) is 6.06. The molecule has 0 atom stereocenters. The second kappa shape index (κ2) is 2.50. The van der Waals surface area contributed by atoms with E-state index < -0.39 is 11.6 Å². The van der Waals surface area contributed by atoms with Crippen molar-refractivity contribution in [2.24, 2.45) is 0 Å². The van der Waals surface area contributed by atoms with Crippen LogP contribution in [0, 0.1) is 6.07 Å². The number of benzene rings is 1. The topological polar surface area (TPSA) is 0 Å². The van der Waals surface area contributed by atoms with E-state index in [9.17, 15) is 13.2 Å². The van der Waals surface area contributed by atoms with Gasteiger partial charge in [-0.3, -0.25) is 0 Å². The first kappa shape index (κ1) is 8.60. The Balaban J connectivity index is 2.37. The molecule has 0 aromatic heterocycles. The summed E-state index contributed by atoms with van der Waals surface area (Å²) >= 11 is 0. The van der Waals surface area contributed by atoms with Crippen LogP contribution < -0.4 is 0 Å². The van der Waals surface area contributed by atoms with Crippen LogP contribution in [0.2, 0.25) is 0 Å². The van der Waals surface area contributed by atoms with Crippen molar-refractivity contribution in [1.29, 1.82) is 0 Å². The monoisotopic (exact) mass is 185 g/mol. The third-order valence-corrected chi connectivity index (χ3v) is 2.56. The summed E-state index contributed by atoms with van der Waals surface area (Å²) in [5.41, 5.74) is -1.17. The molecule has 1 fully saturated rings. The Morgan fingerprint density at radius 2 is 1.69 bits per heavy atom. The predicted molar refractivity (Wildman–Crippen MR) is 42.2 cm³/mol. The molecule has 1 aromatic carbocycles. The third-order valence-electron chi connectivity index (χ3n) is 2.56. The normalized spacial score (nSPS) is 19.9. The number of halogens is 3. The number of rotatable bonds is 1. The third kappa shape index (κ3) is 1.23. The van der Waals surface area contributed by atoms with Gasteiger partial charge in [-0.15, -0.1) is 0 Å². The van der Waals surface area contributed by atoms with Crippen molar-refractivity contribution in [2.45, 2.75) is 24.4 Å². The lowest BCUT2D eigenvalue weighted by molar-refractivity contribution is -0.160. The van der Waals surface area contributed by atoms with E-state index in [2.05, 4.69) is 6.07 Å². The maximum absolute atomic E-state index is 12.6. The molecule has 0 N–H and O–H groups in total. The SMILES string of the molecule is FC(F)(F)C1(c2cc[c]cc2)CC1. The van der Waals surface area contributed by atoms with Crippen molar-refractivity contribution in [3.63, 3.8) is 0 Å². The van der Waals surface area contributed by atoms with E-state index in [1.807, 2.05) is 0 Å². The van der Waals surface area contributed by atoms with Crippen LogP contribution >= 0.6 is 0 Å². The number of hydrogen-bond acceptors (Lipinski definition) is 0. The molecule has 0 aliphatic heterocycles. The second-order valence-electron chi connectivity index (χ2n) is 3.37. The van der Waals surface area contributed by atoms with Gasteiger partial charge in [-0.25, -0.2) is 0 Å². The van der Waals surface area contributed by atoms with Crippen molar-refractivity contribution in [2.75, 3.05) is 0 Å². The fraction of sp³-hybridized carbons (Fsp3) is 0.400. The summed E-state index contributed by atoms with van der Waals surface area (Å²) in [5.74, 6) is 0. The van der Waals surface area contributed by atoms with Gasteiger partial charge in [0.25, 0.3) is 0 Å². The van der Waals surface area contributed by atoms with Gasteiger partial charge in [-0.2, -0.15) is 13.2 Å². The lowest BCUT2D eigenvalue weighted by atomic mass is 9.96. The lowest BCUT2D eigenvalue weighted by Crippen LogP contribution is -2.28. The van der Waals surface area contributed by atoms with E-state index in [1.54, 1.807) is 0 Å². The minimum atomic E-state index is -4.10. The molecule has 3 heteroatoms. The molecule has 2 rings (SSSR count). The molecule has 0 unspecified atom stereocenters. The minimum Gasteiger partial charge on any atom is -0.170 e. The van der Waals surface area contributed by atoms with Crippen LogP contribution in [-0.2, 0) is 5.41 Å². The first-order valence-electron chi connectivity index (χ1n) is 4.10. The smallest absolute Gasteiger partial charge is 0.170 e. The fourth-order valence-corrected chi connectivity index (χ4v) is 1.57. The molecular weight excluding hydrogens is 177 g/mol. The average Bonchev–Trinajstić information content (AvgIpc) is 2.84. The quantitative estimate of drug-likeness (QED) is 0.630. The van der Waals surface area contributed by atoms with Crippen LogP contribution in [0.1, 0.15) is 18.4 Å². The molecule has 1 radical (unpaired) electrons. The van der Waals surface area contributed by atoms with Crippen LogP contribution in [0.25, 0.3) is 0 Å². The van der Waals surface area contributed by atoms with Gasteiger partial charge in [-0.1, -0.05) is 24.3 Å². The zero-order valence-corrected chi connectivity index (χ0v) is 6.86. The molecule has 0 heterocycles. The Hall–Kier alpha value is -0.990. The standard InChI is InChI=1S/C10H8F3/c11-10(12,13)9(6-7-9)8-4-2-1-3-5-8/h2-5H,6-7H2. The summed E-state index contributed by atoms with van der Waals surface area (Å²) in [5, 5.41) is 0. The molecule has 0 amide bonds. The lowest BCUT2D eigenvalue weighted by Gasteiger charge is -2.19. The van der Waals surface area contributed by atoms with E-state index in [0.29, 0.717) is 5.56 Å². The van der Waals surface area contributed by atoms with E-state index in [-0.39, 0.29) is 12.8 Å². The summed E-state index contributed by atoms with van der Waals surface area (Å²) < 4.78 is 37.7. The van der Waals surface area contributed by atoms with Gasteiger partial charge in [0, 0.05) is 0 Å². The molecule has 1 aromatic rings. The highest BCUT2D eigenvalue weighted by atomic mass is 19.4. The van der Waals surface area contributed by atoms with Crippen LogP contribution in [0.15, 0.2) is 24.3 Å². The van der Waals surface area contributed by atoms with Gasteiger partial charge in [0.05, 0.1) is 5.41 Å². The Kier molecular flexibility index (Phi) is 1.65. The predicted octanol–water partition coefficient (Wildman–Crippen LogP) is 3.08. The Labute approximate surface area is 74.4 Å². The second-order valence-corrected chi connectivity index (χ2v) is 3.37. The van der Waals surface area contributed by atoms with E-state index in [0.717, 1.165) is 0 Å². The molecule has 0 saturated heterocycles. The van der Waals surface area contributed by atoms with Crippen molar-refractivity contribution in [3.8, 4) is 0 Å². The zero-order chi connectivity index (χ0) is 9.53. The maximum Gasteiger partial charge on any atom is 0.398 e. The molecule has 0 bridgehead atoms. The number of alkyl halides is 3. The Bertz CT molecular complexity index is 296. The molecule has 69 valence electrons. The largest absolute Gasteiger partial charge is 0.398 e. The summed E-state index contributed by atoms with van der Waals surface area (Å²) in [6.07, 6.45) is -3.66. The van der Waals surface area contributed by atoms with Crippen molar-refractivity contribution in [1.82, 2.24) is 0 Å². The zero-order valence-electron chi connectivity index (χ0n) is 6.86. The number of hydrogen-bond donors (Lipinski definition) is 0. The molecule has 0 spiro atoms. The van der Waals surface area contributed by atoms with E-state index >= 15 is 0 Å². The van der Waals surface area contributed by atoms with E-state index in [4.69, 9.17) is 0 Å². The molecule has 1 aliphatic rings. The van der Waals surface area contributed by atoms with Crippen molar-refractivity contribution >= 4 is 0 Å². The molecule has 1 aliphatic carbocycles.